The molecule has 1 aromatic carbocycles. The third kappa shape index (κ3) is 6.49. The number of carboxylic acids is 1. The summed E-state index contributed by atoms with van der Waals surface area (Å²) in [5.74, 6) is -1.15. The maximum Gasteiger partial charge on any atom is 0.321 e. The van der Waals surface area contributed by atoms with Crippen LogP contribution in [-0.2, 0) is 14.8 Å². The number of sulfonamides is 1. The van der Waals surface area contributed by atoms with Gasteiger partial charge in [0.1, 0.15) is 18.4 Å². The molecule has 1 aromatic rings. The van der Waals surface area contributed by atoms with E-state index in [1.165, 1.54) is 24.3 Å². The molecule has 2 N–H and O–H groups in total. The lowest BCUT2D eigenvalue weighted by Crippen LogP contribution is -2.40. The molecule has 0 bridgehead atoms. The van der Waals surface area contributed by atoms with E-state index in [1.54, 1.807) is 0 Å². The van der Waals surface area contributed by atoms with Gasteiger partial charge >= 0.3 is 5.97 Å². The normalized spacial score (nSPS) is 13.0. The van der Waals surface area contributed by atoms with Crippen LogP contribution in [0.3, 0.4) is 0 Å². The summed E-state index contributed by atoms with van der Waals surface area (Å²) in [5, 5.41) is 9.06. The molecule has 0 aliphatic rings. The van der Waals surface area contributed by atoms with Crippen molar-refractivity contribution in [3.63, 3.8) is 0 Å². The maximum atomic E-state index is 12.2. The number of aliphatic carboxylic acids is 1. The highest BCUT2D eigenvalue weighted by molar-refractivity contribution is 7.89. The van der Waals surface area contributed by atoms with Crippen LogP contribution in [0.15, 0.2) is 29.2 Å². The summed E-state index contributed by atoms with van der Waals surface area (Å²) in [6.45, 7) is 1.08. The van der Waals surface area contributed by atoms with Crippen molar-refractivity contribution in [2.45, 2.75) is 43.5 Å². The maximum absolute atomic E-state index is 12.2. The van der Waals surface area contributed by atoms with Crippen LogP contribution in [0.2, 0.25) is 0 Å². The average Bonchev–Trinajstić information content (AvgIpc) is 2.49. The van der Waals surface area contributed by atoms with Crippen LogP contribution in [0.1, 0.15) is 26.2 Å². The van der Waals surface area contributed by atoms with E-state index in [1.807, 2.05) is 6.92 Å². The molecule has 0 heterocycles. The quantitative estimate of drug-likeness (QED) is 0.674. The van der Waals surface area contributed by atoms with Crippen molar-refractivity contribution in [2.75, 3.05) is 6.61 Å². The van der Waals surface area contributed by atoms with Crippen LogP contribution >= 0.6 is 0 Å². The molecule has 23 heavy (non-hydrogen) atoms. The number of carboxylic acid groups (broad SMARTS) is 1. The first kappa shape index (κ1) is 19.3. The molecule has 0 saturated carbocycles. The van der Waals surface area contributed by atoms with Gasteiger partial charge in [0.2, 0.25) is 10.0 Å². The van der Waals surface area contributed by atoms with Gasteiger partial charge < -0.3 is 9.84 Å². The molecule has 6 nitrogen and oxygen atoms in total. The predicted octanol–water partition coefficient (Wildman–Crippen LogP) is 2.25. The Bertz CT molecular complexity index is 604. The summed E-state index contributed by atoms with van der Waals surface area (Å²) in [6.07, 6.45) is -1.14. The van der Waals surface area contributed by atoms with E-state index >= 15 is 0 Å². The SMILES string of the molecule is CCCC[C@H](NS(=O)(=O)c1ccc(OCC(F)F)cc1)C(=O)O. The summed E-state index contributed by atoms with van der Waals surface area (Å²) in [6, 6.07) is 3.59. The average molecular weight is 351 g/mol. The lowest BCUT2D eigenvalue weighted by molar-refractivity contribution is -0.139. The van der Waals surface area contributed by atoms with Crippen LogP contribution in [-0.4, -0.2) is 38.6 Å². The van der Waals surface area contributed by atoms with Crippen molar-refractivity contribution >= 4 is 16.0 Å². The fraction of sp³-hybridized carbons (Fsp3) is 0.500. The van der Waals surface area contributed by atoms with E-state index < -0.39 is 35.1 Å². The number of carbonyl (C=O) groups is 1. The van der Waals surface area contributed by atoms with Gasteiger partial charge in [0.25, 0.3) is 6.43 Å². The van der Waals surface area contributed by atoms with Crippen LogP contribution in [0.25, 0.3) is 0 Å². The predicted molar refractivity (Wildman–Crippen MR) is 79.2 cm³/mol. The van der Waals surface area contributed by atoms with Gasteiger partial charge in [-0.1, -0.05) is 19.8 Å². The Labute approximate surface area is 133 Å². The van der Waals surface area contributed by atoms with Crippen molar-refractivity contribution in [2.24, 2.45) is 0 Å². The molecule has 0 spiro atoms. The molecular formula is C14H19F2NO5S. The molecule has 1 atom stereocenters. The van der Waals surface area contributed by atoms with Gasteiger partial charge in [0, 0.05) is 0 Å². The standard InChI is InChI=1S/C14H19F2NO5S/c1-2-3-4-12(14(18)19)17-23(20,21)11-7-5-10(6-8-11)22-9-13(15)16/h5-8,12-13,17H,2-4,9H2,1H3,(H,18,19)/t12-/m0/s1. The number of nitrogens with one attached hydrogen (secondary N) is 1. The van der Waals surface area contributed by atoms with E-state index in [0.717, 1.165) is 6.42 Å². The highest BCUT2D eigenvalue weighted by atomic mass is 32.2. The first-order valence-corrected chi connectivity index (χ1v) is 8.50. The van der Waals surface area contributed by atoms with Gasteiger partial charge in [-0.3, -0.25) is 4.79 Å². The van der Waals surface area contributed by atoms with Crippen LogP contribution < -0.4 is 9.46 Å². The van der Waals surface area contributed by atoms with E-state index in [0.29, 0.717) is 6.42 Å². The lowest BCUT2D eigenvalue weighted by atomic mass is 10.1. The van der Waals surface area contributed by atoms with E-state index in [9.17, 15) is 22.0 Å². The Morgan fingerprint density at radius 2 is 1.91 bits per heavy atom. The summed E-state index contributed by atoms with van der Waals surface area (Å²) in [7, 11) is -4.02. The molecule has 0 aliphatic heterocycles. The molecule has 0 aliphatic carbocycles. The first-order chi connectivity index (χ1) is 10.8. The minimum atomic E-state index is -4.02. The number of hydrogen-bond acceptors (Lipinski definition) is 4. The Morgan fingerprint density at radius 1 is 1.30 bits per heavy atom. The summed E-state index contributed by atoms with van der Waals surface area (Å²) >= 11 is 0. The van der Waals surface area contributed by atoms with Crippen LogP contribution in [0, 0.1) is 0 Å². The summed E-state index contributed by atoms with van der Waals surface area (Å²) in [5.41, 5.74) is 0. The summed E-state index contributed by atoms with van der Waals surface area (Å²) in [4.78, 5) is 10.9. The Hall–Kier alpha value is -1.74. The largest absolute Gasteiger partial charge is 0.488 e. The van der Waals surface area contributed by atoms with Gasteiger partial charge in [-0.2, -0.15) is 4.72 Å². The third-order valence-electron chi connectivity index (χ3n) is 2.95. The van der Waals surface area contributed by atoms with Crippen molar-refractivity contribution in [1.82, 2.24) is 4.72 Å². The molecule has 0 radical (unpaired) electrons. The Balaban J connectivity index is 2.80. The lowest BCUT2D eigenvalue weighted by Gasteiger charge is -2.14. The number of hydrogen-bond donors (Lipinski definition) is 2. The topological polar surface area (TPSA) is 92.7 Å². The molecule has 0 saturated heterocycles. The zero-order valence-electron chi connectivity index (χ0n) is 12.5. The van der Waals surface area contributed by atoms with Gasteiger partial charge in [-0.25, -0.2) is 17.2 Å². The van der Waals surface area contributed by atoms with E-state index in [-0.39, 0.29) is 17.1 Å². The fourth-order valence-corrected chi connectivity index (χ4v) is 2.99. The number of rotatable bonds is 10. The molecule has 0 amide bonds. The minimum absolute atomic E-state index is 0.102. The molecule has 130 valence electrons. The van der Waals surface area contributed by atoms with Crippen molar-refractivity contribution in [3.05, 3.63) is 24.3 Å². The minimum Gasteiger partial charge on any atom is -0.488 e. The molecule has 0 unspecified atom stereocenters. The van der Waals surface area contributed by atoms with Crippen molar-refractivity contribution in [3.8, 4) is 5.75 Å². The number of alkyl halides is 2. The zero-order valence-corrected chi connectivity index (χ0v) is 13.4. The Kier molecular flexibility index (Phi) is 7.37. The zero-order chi connectivity index (χ0) is 17.5. The molecule has 0 aromatic heterocycles. The van der Waals surface area contributed by atoms with Crippen LogP contribution in [0.5, 0.6) is 5.75 Å². The monoisotopic (exact) mass is 351 g/mol. The van der Waals surface area contributed by atoms with Crippen molar-refractivity contribution in [1.29, 1.82) is 0 Å². The third-order valence-corrected chi connectivity index (χ3v) is 4.44. The molecule has 1 rings (SSSR count). The second kappa shape index (κ2) is 8.78. The van der Waals surface area contributed by atoms with Gasteiger partial charge in [-0.15, -0.1) is 0 Å². The Morgan fingerprint density at radius 3 is 2.39 bits per heavy atom. The van der Waals surface area contributed by atoms with Gasteiger partial charge in [-0.05, 0) is 30.7 Å². The molecular weight excluding hydrogens is 332 g/mol. The highest BCUT2D eigenvalue weighted by Crippen LogP contribution is 2.17. The number of ether oxygens (including phenoxy) is 1. The number of halogens is 2. The fourth-order valence-electron chi connectivity index (χ4n) is 1.77. The van der Waals surface area contributed by atoms with E-state index in [2.05, 4.69) is 4.72 Å². The van der Waals surface area contributed by atoms with Crippen LogP contribution in [0.4, 0.5) is 8.78 Å². The highest BCUT2D eigenvalue weighted by Gasteiger charge is 2.24. The van der Waals surface area contributed by atoms with Crippen molar-refractivity contribution < 1.29 is 31.8 Å². The first-order valence-electron chi connectivity index (χ1n) is 7.02. The number of benzene rings is 1. The van der Waals surface area contributed by atoms with E-state index in [4.69, 9.17) is 9.84 Å². The summed E-state index contributed by atoms with van der Waals surface area (Å²) < 4.78 is 55.2. The van der Waals surface area contributed by atoms with Gasteiger partial charge in [0.15, 0.2) is 0 Å². The molecule has 0 fully saturated rings. The second-order valence-corrected chi connectivity index (χ2v) is 6.54. The second-order valence-electron chi connectivity index (χ2n) is 4.83. The smallest absolute Gasteiger partial charge is 0.321 e. The molecule has 9 heteroatoms. The van der Waals surface area contributed by atoms with Gasteiger partial charge in [0.05, 0.1) is 4.90 Å². The number of unbranched alkanes of at least 4 members (excludes halogenated alkanes) is 1.